The highest BCUT2D eigenvalue weighted by Crippen LogP contribution is 2.11. The Morgan fingerprint density at radius 3 is 3.00 bits per heavy atom. The van der Waals surface area contributed by atoms with Gasteiger partial charge in [0.25, 0.3) is 0 Å². The third-order valence-electron chi connectivity index (χ3n) is 1.40. The normalized spacial score (nSPS) is 10.4. The van der Waals surface area contributed by atoms with Crippen molar-refractivity contribution in [1.29, 1.82) is 0 Å². The lowest BCUT2D eigenvalue weighted by Crippen LogP contribution is -1.99. The van der Waals surface area contributed by atoms with E-state index < -0.39 is 0 Å². The largest absolute Gasteiger partial charge is 0.325 e. The minimum absolute atomic E-state index is 1.07. The fourth-order valence-corrected chi connectivity index (χ4v) is 1.78. The number of nitrogens with zero attached hydrogens (tertiary/aromatic N) is 2. The van der Waals surface area contributed by atoms with E-state index in [2.05, 4.69) is 22.1 Å². The summed E-state index contributed by atoms with van der Waals surface area (Å²) >= 11 is 3.56. The molecule has 0 amide bonds. The van der Waals surface area contributed by atoms with Gasteiger partial charge in [-0.25, -0.2) is 4.98 Å². The van der Waals surface area contributed by atoms with Crippen molar-refractivity contribution in [3.05, 3.63) is 12.4 Å². The van der Waals surface area contributed by atoms with Gasteiger partial charge in [0.2, 0.25) is 0 Å². The standard InChI is InChI=1S/C7H12N2S2/c1-10-6-5-9-4-3-8-7(9)11-2/h3-4H,5-6H2,1-2H3. The maximum Gasteiger partial charge on any atom is 0.167 e. The molecule has 0 N–H and O–H groups in total. The van der Waals surface area contributed by atoms with Gasteiger partial charge in [-0.1, -0.05) is 11.8 Å². The van der Waals surface area contributed by atoms with Crippen LogP contribution in [0.25, 0.3) is 0 Å². The maximum atomic E-state index is 4.20. The monoisotopic (exact) mass is 188 g/mol. The van der Waals surface area contributed by atoms with E-state index in [1.807, 2.05) is 24.2 Å². The van der Waals surface area contributed by atoms with E-state index in [-0.39, 0.29) is 0 Å². The number of hydrogen-bond acceptors (Lipinski definition) is 3. The first-order valence-corrected chi connectivity index (χ1v) is 6.04. The Morgan fingerprint density at radius 2 is 2.36 bits per heavy atom. The minimum atomic E-state index is 1.07. The Balaban J connectivity index is 2.54. The van der Waals surface area contributed by atoms with Gasteiger partial charge in [0, 0.05) is 24.7 Å². The fraction of sp³-hybridized carbons (Fsp3) is 0.571. The fourth-order valence-electron chi connectivity index (χ4n) is 0.845. The van der Waals surface area contributed by atoms with Crippen molar-refractivity contribution < 1.29 is 0 Å². The molecule has 0 aliphatic carbocycles. The van der Waals surface area contributed by atoms with Crippen molar-refractivity contribution in [2.24, 2.45) is 0 Å². The molecule has 4 heteroatoms. The van der Waals surface area contributed by atoms with Crippen molar-refractivity contribution in [2.45, 2.75) is 11.7 Å². The lowest BCUT2D eigenvalue weighted by Gasteiger charge is -2.02. The molecule has 0 unspecified atom stereocenters. The highest BCUT2D eigenvalue weighted by atomic mass is 32.2. The highest BCUT2D eigenvalue weighted by Gasteiger charge is 1.98. The number of imidazole rings is 1. The van der Waals surface area contributed by atoms with E-state index in [0.717, 1.165) is 17.5 Å². The molecule has 1 aromatic heterocycles. The van der Waals surface area contributed by atoms with Crippen LogP contribution in [-0.4, -0.2) is 27.8 Å². The smallest absolute Gasteiger partial charge is 0.167 e. The van der Waals surface area contributed by atoms with Crippen molar-refractivity contribution in [1.82, 2.24) is 9.55 Å². The third kappa shape index (κ3) is 2.45. The average Bonchev–Trinajstić information content (AvgIpc) is 2.47. The van der Waals surface area contributed by atoms with Crippen LogP contribution >= 0.6 is 23.5 Å². The summed E-state index contributed by atoms with van der Waals surface area (Å²) in [7, 11) is 0. The van der Waals surface area contributed by atoms with Gasteiger partial charge in [0.1, 0.15) is 0 Å². The molecule has 0 fully saturated rings. The van der Waals surface area contributed by atoms with Crippen molar-refractivity contribution in [3.8, 4) is 0 Å². The second-order valence-electron chi connectivity index (χ2n) is 2.10. The topological polar surface area (TPSA) is 17.8 Å². The zero-order valence-electron chi connectivity index (χ0n) is 6.78. The molecule has 0 aliphatic rings. The van der Waals surface area contributed by atoms with Crippen LogP contribution in [0, 0.1) is 0 Å². The first-order valence-electron chi connectivity index (χ1n) is 3.42. The van der Waals surface area contributed by atoms with E-state index in [0.29, 0.717) is 0 Å². The molecule has 0 aromatic carbocycles. The molecule has 2 nitrogen and oxygen atoms in total. The number of aryl methyl sites for hydroxylation is 1. The van der Waals surface area contributed by atoms with Gasteiger partial charge < -0.3 is 4.57 Å². The van der Waals surface area contributed by atoms with Gasteiger partial charge in [-0.15, -0.1) is 0 Å². The summed E-state index contributed by atoms with van der Waals surface area (Å²) in [5, 5.41) is 1.11. The third-order valence-corrected chi connectivity index (χ3v) is 2.69. The van der Waals surface area contributed by atoms with Gasteiger partial charge in [-0.3, -0.25) is 0 Å². The lowest BCUT2D eigenvalue weighted by atomic mass is 10.7. The summed E-state index contributed by atoms with van der Waals surface area (Å²) in [5.74, 6) is 1.16. The Kier molecular flexibility index (Phi) is 3.86. The van der Waals surface area contributed by atoms with Crippen LogP contribution < -0.4 is 0 Å². The van der Waals surface area contributed by atoms with E-state index in [1.54, 1.807) is 11.8 Å². The van der Waals surface area contributed by atoms with Gasteiger partial charge in [0.15, 0.2) is 5.16 Å². The molecular formula is C7H12N2S2. The summed E-state index contributed by atoms with van der Waals surface area (Å²) in [6.07, 6.45) is 8.06. The van der Waals surface area contributed by atoms with Crippen LogP contribution in [0.5, 0.6) is 0 Å². The lowest BCUT2D eigenvalue weighted by molar-refractivity contribution is 0.689. The average molecular weight is 188 g/mol. The molecule has 0 saturated carbocycles. The quantitative estimate of drug-likeness (QED) is 0.673. The van der Waals surface area contributed by atoms with Crippen LogP contribution in [-0.2, 0) is 6.54 Å². The highest BCUT2D eigenvalue weighted by molar-refractivity contribution is 7.98. The molecule has 1 heterocycles. The molecule has 0 atom stereocenters. The molecule has 0 radical (unpaired) electrons. The summed E-state index contributed by atoms with van der Waals surface area (Å²) in [6.45, 7) is 1.07. The Hall–Kier alpha value is -0.0900. The first kappa shape index (κ1) is 9.00. The van der Waals surface area contributed by atoms with Gasteiger partial charge >= 0.3 is 0 Å². The molecule has 0 bridgehead atoms. The zero-order valence-corrected chi connectivity index (χ0v) is 8.41. The second-order valence-corrected chi connectivity index (χ2v) is 3.86. The van der Waals surface area contributed by atoms with E-state index >= 15 is 0 Å². The van der Waals surface area contributed by atoms with E-state index in [4.69, 9.17) is 0 Å². The van der Waals surface area contributed by atoms with Crippen LogP contribution in [0.15, 0.2) is 17.6 Å². The predicted octanol–water partition coefficient (Wildman–Crippen LogP) is 1.97. The molecule has 11 heavy (non-hydrogen) atoms. The van der Waals surface area contributed by atoms with Crippen LogP contribution in [0.4, 0.5) is 0 Å². The van der Waals surface area contributed by atoms with E-state index in [9.17, 15) is 0 Å². The summed E-state index contributed by atoms with van der Waals surface area (Å²) in [5.41, 5.74) is 0. The number of rotatable bonds is 4. The molecule has 0 aliphatic heterocycles. The summed E-state index contributed by atoms with van der Waals surface area (Å²) < 4.78 is 2.18. The Bertz CT molecular complexity index is 210. The predicted molar refractivity (Wildman–Crippen MR) is 52.4 cm³/mol. The molecule has 1 aromatic rings. The molecule has 62 valence electrons. The summed E-state index contributed by atoms with van der Waals surface area (Å²) in [4.78, 5) is 4.20. The molecule has 0 saturated heterocycles. The first-order chi connectivity index (χ1) is 5.38. The number of thioether (sulfide) groups is 2. The zero-order chi connectivity index (χ0) is 8.10. The van der Waals surface area contributed by atoms with Crippen molar-refractivity contribution in [2.75, 3.05) is 18.3 Å². The van der Waals surface area contributed by atoms with E-state index in [1.165, 1.54) is 0 Å². The second kappa shape index (κ2) is 4.72. The van der Waals surface area contributed by atoms with Crippen molar-refractivity contribution in [3.63, 3.8) is 0 Å². The Labute approximate surface area is 75.8 Å². The van der Waals surface area contributed by atoms with Crippen molar-refractivity contribution >= 4 is 23.5 Å². The van der Waals surface area contributed by atoms with Gasteiger partial charge in [-0.05, 0) is 12.5 Å². The van der Waals surface area contributed by atoms with Crippen LogP contribution in [0.3, 0.4) is 0 Å². The number of hydrogen-bond donors (Lipinski definition) is 0. The summed E-state index contributed by atoms with van der Waals surface area (Å²) in [6, 6.07) is 0. The minimum Gasteiger partial charge on any atom is -0.325 e. The number of aromatic nitrogens is 2. The molecular weight excluding hydrogens is 176 g/mol. The van der Waals surface area contributed by atoms with Gasteiger partial charge in [-0.2, -0.15) is 11.8 Å². The SMILES string of the molecule is CSCCn1ccnc1SC. The molecule has 0 spiro atoms. The van der Waals surface area contributed by atoms with Crippen LogP contribution in [0.1, 0.15) is 0 Å². The molecule has 1 rings (SSSR count). The Morgan fingerprint density at radius 1 is 1.55 bits per heavy atom. The van der Waals surface area contributed by atoms with Gasteiger partial charge in [0.05, 0.1) is 0 Å². The van der Waals surface area contributed by atoms with Crippen LogP contribution in [0.2, 0.25) is 0 Å². The maximum absolute atomic E-state index is 4.20.